The minimum Gasteiger partial charge on any atom is -0.369 e. The molecular formula is C14H18N4O. The number of imidazole rings is 1. The van der Waals surface area contributed by atoms with Crippen LogP contribution in [0, 0.1) is 0 Å². The van der Waals surface area contributed by atoms with Crippen molar-refractivity contribution in [2.45, 2.75) is 25.8 Å². The number of rotatable bonds is 2. The molecule has 1 unspecified atom stereocenters. The zero-order chi connectivity index (χ0) is 13.4. The van der Waals surface area contributed by atoms with E-state index in [1.54, 1.807) is 0 Å². The van der Waals surface area contributed by atoms with E-state index in [-0.39, 0.29) is 11.9 Å². The van der Waals surface area contributed by atoms with Crippen molar-refractivity contribution in [1.82, 2.24) is 14.5 Å². The minimum atomic E-state index is -0.300. The number of aromatic nitrogens is 2. The first kappa shape index (κ1) is 12.0. The largest absolute Gasteiger partial charge is 0.369 e. The first-order valence-corrected chi connectivity index (χ1v) is 6.69. The summed E-state index contributed by atoms with van der Waals surface area (Å²) in [7, 11) is 0. The number of nitrogens with zero attached hydrogens (tertiary/aromatic N) is 3. The van der Waals surface area contributed by atoms with Crippen molar-refractivity contribution in [1.29, 1.82) is 0 Å². The van der Waals surface area contributed by atoms with Crippen LogP contribution in [0.4, 0.5) is 5.95 Å². The fraction of sp³-hybridized carbons (Fsp3) is 0.429. The second-order valence-electron chi connectivity index (χ2n) is 5.04. The Bertz CT molecular complexity index is 613. The quantitative estimate of drug-likeness (QED) is 0.893. The predicted octanol–water partition coefficient (Wildman–Crippen LogP) is 1.80. The van der Waals surface area contributed by atoms with Crippen LogP contribution in [0.2, 0.25) is 0 Å². The lowest BCUT2D eigenvalue weighted by molar-refractivity contribution is -0.133. The molecule has 0 bridgehead atoms. The fourth-order valence-electron chi connectivity index (χ4n) is 2.78. The van der Waals surface area contributed by atoms with Crippen LogP contribution in [0.25, 0.3) is 11.0 Å². The summed E-state index contributed by atoms with van der Waals surface area (Å²) in [5.41, 5.74) is 7.72. The Morgan fingerprint density at radius 3 is 2.74 bits per heavy atom. The van der Waals surface area contributed by atoms with Gasteiger partial charge in [-0.3, -0.25) is 9.36 Å². The zero-order valence-corrected chi connectivity index (χ0v) is 11.0. The number of anilines is 1. The van der Waals surface area contributed by atoms with Gasteiger partial charge in [0.15, 0.2) is 0 Å². The van der Waals surface area contributed by atoms with Crippen LogP contribution in [0.15, 0.2) is 24.3 Å². The van der Waals surface area contributed by atoms with Crippen molar-refractivity contribution < 1.29 is 4.79 Å². The number of carbonyl (C=O) groups is 1. The van der Waals surface area contributed by atoms with Gasteiger partial charge in [0.05, 0.1) is 11.0 Å². The summed E-state index contributed by atoms with van der Waals surface area (Å²) in [6.07, 6.45) is 2.19. The SMILES string of the molecule is CC(C(=O)N1CCCC1)n1c(N)nc2ccccc21. The summed E-state index contributed by atoms with van der Waals surface area (Å²) in [5, 5.41) is 0. The number of nitrogens with two attached hydrogens (primary N) is 1. The van der Waals surface area contributed by atoms with Gasteiger partial charge < -0.3 is 10.6 Å². The molecule has 100 valence electrons. The van der Waals surface area contributed by atoms with Crippen molar-refractivity contribution in [3.63, 3.8) is 0 Å². The first-order chi connectivity index (χ1) is 9.18. The Kier molecular flexibility index (Phi) is 2.89. The van der Waals surface area contributed by atoms with Crippen LogP contribution in [0.3, 0.4) is 0 Å². The second kappa shape index (κ2) is 4.57. The predicted molar refractivity (Wildman–Crippen MR) is 74.7 cm³/mol. The fourth-order valence-corrected chi connectivity index (χ4v) is 2.78. The van der Waals surface area contributed by atoms with Gasteiger partial charge in [-0.25, -0.2) is 4.98 Å². The Morgan fingerprint density at radius 2 is 2.00 bits per heavy atom. The van der Waals surface area contributed by atoms with E-state index < -0.39 is 0 Å². The van der Waals surface area contributed by atoms with Gasteiger partial charge in [-0.2, -0.15) is 0 Å². The molecule has 3 rings (SSSR count). The summed E-state index contributed by atoms with van der Waals surface area (Å²) < 4.78 is 1.83. The van der Waals surface area contributed by atoms with E-state index in [0.717, 1.165) is 37.0 Å². The normalized spacial score (nSPS) is 17.0. The number of likely N-dealkylation sites (tertiary alicyclic amines) is 1. The van der Waals surface area contributed by atoms with Crippen LogP contribution >= 0.6 is 0 Å². The molecular weight excluding hydrogens is 240 g/mol. The summed E-state index contributed by atoms with van der Waals surface area (Å²) in [4.78, 5) is 18.7. The Hall–Kier alpha value is -2.04. The van der Waals surface area contributed by atoms with E-state index in [4.69, 9.17) is 5.73 Å². The average molecular weight is 258 g/mol. The van der Waals surface area contributed by atoms with E-state index in [1.165, 1.54) is 0 Å². The summed E-state index contributed by atoms with van der Waals surface area (Å²) >= 11 is 0. The van der Waals surface area contributed by atoms with E-state index in [2.05, 4.69) is 4.98 Å². The molecule has 1 aliphatic heterocycles. The maximum atomic E-state index is 12.5. The molecule has 1 aliphatic rings. The third-order valence-electron chi connectivity index (χ3n) is 3.79. The molecule has 1 fully saturated rings. The maximum Gasteiger partial charge on any atom is 0.245 e. The summed E-state index contributed by atoms with van der Waals surface area (Å²) in [6.45, 7) is 3.61. The van der Waals surface area contributed by atoms with E-state index in [9.17, 15) is 4.79 Å². The Labute approximate surface area is 112 Å². The number of nitrogen functional groups attached to an aromatic ring is 1. The topological polar surface area (TPSA) is 64.2 Å². The van der Waals surface area contributed by atoms with Crippen LogP contribution in [0.1, 0.15) is 25.8 Å². The minimum absolute atomic E-state index is 0.132. The molecule has 19 heavy (non-hydrogen) atoms. The molecule has 1 amide bonds. The highest BCUT2D eigenvalue weighted by molar-refractivity contribution is 5.85. The van der Waals surface area contributed by atoms with Crippen molar-refractivity contribution in [2.75, 3.05) is 18.8 Å². The van der Waals surface area contributed by atoms with Crippen LogP contribution in [0.5, 0.6) is 0 Å². The number of amides is 1. The monoisotopic (exact) mass is 258 g/mol. The lowest BCUT2D eigenvalue weighted by atomic mass is 10.2. The number of carbonyl (C=O) groups excluding carboxylic acids is 1. The van der Waals surface area contributed by atoms with Crippen LogP contribution < -0.4 is 5.73 Å². The highest BCUT2D eigenvalue weighted by atomic mass is 16.2. The van der Waals surface area contributed by atoms with Crippen molar-refractivity contribution in [3.05, 3.63) is 24.3 Å². The second-order valence-corrected chi connectivity index (χ2v) is 5.04. The summed E-state index contributed by atoms with van der Waals surface area (Å²) in [6, 6.07) is 7.42. The van der Waals surface area contributed by atoms with E-state index in [1.807, 2.05) is 40.7 Å². The Morgan fingerprint density at radius 1 is 1.32 bits per heavy atom. The lowest BCUT2D eigenvalue weighted by Crippen LogP contribution is -2.34. The van der Waals surface area contributed by atoms with E-state index in [0.29, 0.717) is 5.95 Å². The molecule has 1 aromatic carbocycles. The zero-order valence-electron chi connectivity index (χ0n) is 11.0. The van der Waals surface area contributed by atoms with Gasteiger partial charge in [-0.15, -0.1) is 0 Å². The smallest absolute Gasteiger partial charge is 0.245 e. The molecule has 1 saturated heterocycles. The van der Waals surface area contributed by atoms with Gasteiger partial charge in [0.2, 0.25) is 11.9 Å². The average Bonchev–Trinajstić information content (AvgIpc) is 3.03. The molecule has 2 heterocycles. The molecule has 0 radical (unpaired) electrons. The number of benzene rings is 1. The molecule has 5 nitrogen and oxygen atoms in total. The first-order valence-electron chi connectivity index (χ1n) is 6.69. The van der Waals surface area contributed by atoms with Gasteiger partial charge in [0, 0.05) is 13.1 Å². The number of fused-ring (bicyclic) bond motifs is 1. The number of para-hydroxylation sites is 2. The molecule has 2 N–H and O–H groups in total. The van der Waals surface area contributed by atoms with Gasteiger partial charge in [-0.1, -0.05) is 12.1 Å². The van der Waals surface area contributed by atoms with Gasteiger partial charge >= 0.3 is 0 Å². The van der Waals surface area contributed by atoms with Gasteiger partial charge in [0.1, 0.15) is 6.04 Å². The number of hydrogen-bond acceptors (Lipinski definition) is 3. The highest BCUT2D eigenvalue weighted by Gasteiger charge is 2.26. The van der Waals surface area contributed by atoms with Crippen molar-refractivity contribution >= 4 is 22.9 Å². The molecule has 0 aliphatic carbocycles. The molecule has 1 atom stereocenters. The molecule has 1 aromatic heterocycles. The van der Waals surface area contributed by atoms with Crippen molar-refractivity contribution in [3.8, 4) is 0 Å². The number of hydrogen-bond donors (Lipinski definition) is 1. The standard InChI is InChI=1S/C14H18N4O/c1-10(13(19)17-8-4-5-9-17)18-12-7-3-2-6-11(12)16-14(18)15/h2-3,6-7,10H,4-5,8-9H2,1H3,(H2,15,16). The maximum absolute atomic E-state index is 12.5. The van der Waals surface area contributed by atoms with E-state index >= 15 is 0 Å². The van der Waals surface area contributed by atoms with Gasteiger partial charge in [-0.05, 0) is 31.9 Å². The van der Waals surface area contributed by atoms with Crippen LogP contribution in [-0.4, -0.2) is 33.4 Å². The third-order valence-corrected chi connectivity index (χ3v) is 3.79. The Balaban J connectivity index is 1.98. The summed E-state index contributed by atoms with van der Waals surface area (Å²) in [5.74, 6) is 0.536. The third kappa shape index (κ3) is 1.95. The highest BCUT2D eigenvalue weighted by Crippen LogP contribution is 2.24. The van der Waals surface area contributed by atoms with Crippen molar-refractivity contribution in [2.24, 2.45) is 0 Å². The molecule has 0 spiro atoms. The van der Waals surface area contributed by atoms with Crippen LogP contribution in [-0.2, 0) is 4.79 Å². The van der Waals surface area contributed by atoms with Gasteiger partial charge in [0.25, 0.3) is 0 Å². The molecule has 5 heteroatoms. The lowest BCUT2D eigenvalue weighted by Gasteiger charge is -2.22. The molecule has 2 aromatic rings. The molecule has 0 saturated carbocycles.